The smallest absolute Gasteiger partial charge is 0.0410 e. The van der Waals surface area contributed by atoms with Gasteiger partial charge in [-0.15, -0.1) is 0 Å². The maximum absolute atomic E-state index is 5.73. The van der Waals surface area contributed by atoms with Gasteiger partial charge in [0.25, 0.3) is 0 Å². The van der Waals surface area contributed by atoms with Crippen LogP contribution in [0.15, 0.2) is 22.9 Å². The van der Waals surface area contributed by atoms with Crippen LogP contribution in [0.2, 0.25) is 0 Å². The summed E-state index contributed by atoms with van der Waals surface area (Å²) in [4.78, 5) is 4.22. The summed E-state index contributed by atoms with van der Waals surface area (Å²) < 4.78 is 1.04. The largest absolute Gasteiger partial charge is 0.271 e. The number of nitrogens with one attached hydrogen (secondary N) is 1. The van der Waals surface area contributed by atoms with E-state index in [0.29, 0.717) is 6.04 Å². The van der Waals surface area contributed by atoms with Crippen LogP contribution in [0, 0.1) is 5.92 Å². The van der Waals surface area contributed by atoms with Gasteiger partial charge in [0.15, 0.2) is 0 Å². The molecule has 1 aromatic heterocycles. The number of nitrogens with zero attached hydrogens (tertiary/aromatic N) is 1. The second-order valence-electron chi connectivity index (χ2n) is 5.67. The Labute approximate surface area is 124 Å². The van der Waals surface area contributed by atoms with Gasteiger partial charge in [0.1, 0.15) is 0 Å². The Bertz CT molecular complexity index is 375. The highest BCUT2D eigenvalue weighted by Crippen LogP contribution is 2.27. The monoisotopic (exact) mass is 325 g/mol. The van der Waals surface area contributed by atoms with Gasteiger partial charge in [0, 0.05) is 22.9 Å². The molecule has 0 radical (unpaired) electrons. The molecular weight excluding hydrogens is 302 g/mol. The average Bonchev–Trinajstić information content (AvgIpc) is 2.66. The second-order valence-corrected chi connectivity index (χ2v) is 6.59. The fourth-order valence-electron chi connectivity index (χ4n) is 3.06. The molecule has 19 heavy (non-hydrogen) atoms. The zero-order valence-corrected chi connectivity index (χ0v) is 13.0. The van der Waals surface area contributed by atoms with Crippen LogP contribution in [0.1, 0.15) is 50.5 Å². The van der Waals surface area contributed by atoms with E-state index in [1.807, 2.05) is 12.4 Å². The van der Waals surface area contributed by atoms with Gasteiger partial charge in [-0.05, 0) is 46.3 Å². The Morgan fingerprint density at radius 2 is 2.00 bits per heavy atom. The van der Waals surface area contributed by atoms with Crippen molar-refractivity contribution in [1.82, 2.24) is 10.4 Å². The van der Waals surface area contributed by atoms with Crippen LogP contribution in [-0.4, -0.2) is 11.0 Å². The number of rotatable bonds is 5. The molecule has 1 heterocycles. The van der Waals surface area contributed by atoms with Crippen LogP contribution < -0.4 is 11.3 Å². The van der Waals surface area contributed by atoms with Crippen LogP contribution in [0.3, 0.4) is 0 Å². The number of nitrogens with two attached hydrogens (primary N) is 1. The van der Waals surface area contributed by atoms with E-state index in [1.165, 1.54) is 50.5 Å². The lowest BCUT2D eigenvalue weighted by Gasteiger charge is -2.22. The predicted molar refractivity (Wildman–Crippen MR) is 82.6 cm³/mol. The molecule has 4 heteroatoms. The van der Waals surface area contributed by atoms with E-state index in [9.17, 15) is 0 Å². The van der Waals surface area contributed by atoms with Gasteiger partial charge in [-0.25, -0.2) is 0 Å². The van der Waals surface area contributed by atoms with E-state index in [0.717, 1.165) is 16.8 Å². The number of aromatic nitrogens is 1. The SMILES string of the molecule is NNC(Cc1cncc(Br)c1)CC1CCCCCC1. The van der Waals surface area contributed by atoms with Crippen molar-refractivity contribution in [2.75, 3.05) is 0 Å². The van der Waals surface area contributed by atoms with Crippen molar-refractivity contribution in [1.29, 1.82) is 0 Å². The predicted octanol–water partition coefficient (Wildman–Crippen LogP) is 3.58. The first-order valence-corrected chi connectivity index (χ1v) is 8.13. The first-order valence-electron chi connectivity index (χ1n) is 7.33. The van der Waals surface area contributed by atoms with Gasteiger partial charge in [0.05, 0.1) is 0 Å². The van der Waals surface area contributed by atoms with Gasteiger partial charge < -0.3 is 0 Å². The lowest BCUT2D eigenvalue weighted by molar-refractivity contribution is 0.352. The van der Waals surface area contributed by atoms with Crippen molar-refractivity contribution in [2.45, 2.75) is 57.4 Å². The van der Waals surface area contributed by atoms with E-state index in [1.54, 1.807) is 0 Å². The highest BCUT2D eigenvalue weighted by atomic mass is 79.9. The number of pyridine rings is 1. The molecule has 0 amide bonds. The minimum Gasteiger partial charge on any atom is -0.271 e. The van der Waals surface area contributed by atoms with E-state index in [-0.39, 0.29) is 0 Å². The summed E-state index contributed by atoms with van der Waals surface area (Å²) in [7, 11) is 0. The minimum absolute atomic E-state index is 0.360. The molecule has 1 aliphatic rings. The molecular formula is C15H24BrN3. The summed E-state index contributed by atoms with van der Waals surface area (Å²) in [6.07, 6.45) is 14.2. The molecule has 1 fully saturated rings. The van der Waals surface area contributed by atoms with E-state index in [4.69, 9.17) is 5.84 Å². The number of hydrogen-bond acceptors (Lipinski definition) is 3. The number of hydrazine groups is 1. The fraction of sp³-hybridized carbons (Fsp3) is 0.667. The first-order chi connectivity index (χ1) is 9.28. The summed E-state index contributed by atoms with van der Waals surface area (Å²) >= 11 is 3.47. The minimum atomic E-state index is 0.360. The molecule has 2 rings (SSSR count). The van der Waals surface area contributed by atoms with Crippen LogP contribution in [0.5, 0.6) is 0 Å². The molecule has 1 atom stereocenters. The Morgan fingerprint density at radius 1 is 1.26 bits per heavy atom. The summed E-state index contributed by atoms with van der Waals surface area (Å²) in [6, 6.07) is 2.49. The van der Waals surface area contributed by atoms with E-state index < -0.39 is 0 Å². The number of halogens is 1. The normalized spacial score (nSPS) is 19.1. The molecule has 0 aliphatic heterocycles. The van der Waals surface area contributed by atoms with E-state index >= 15 is 0 Å². The standard InChI is InChI=1S/C15H24BrN3/c16-14-7-13(10-18-11-14)9-15(19-17)8-12-5-3-1-2-4-6-12/h7,10-12,15,19H,1-6,8-9,17H2. The van der Waals surface area contributed by atoms with Gasteiger partial charge in [-0.3, -0.25) is 16.3 Å². The van der Waals surface area contributed by atoms with Crippen molar-refractivity contribution < 1.29 is 0 Å². The fourth-order valence-corrected chi connectivity index (χ4v) is 3.48. The quantitative estimate of drug-likeness (QED) is 0.494. The van der Waals surface area contributed by atoms with Crippen LogP contribution in [-0.2, 0) is 6.42 Å². The van der Waals surface area contributed by atoms with Crippen LogP contribution >= 0.6 is 15.9 Å². The lowest BCUT2D eigenvalue weighted by Crippen LogP contribution is -2.38. The highest BCUT2D eigenvalue weighted by Gasteiger charge is 2.17. The van der Waals surface area contributed by atoms with Crippen molar-refractivity contribution in [2.24, 2.45) is 11.8 Å². The third-order valence-corrected chi connectivity index (χ3v) is 4.51. The van der Waals surface area contributed by atoms with Crippen molar-refractivity contribution in [3.05, 3.63) is 28.5 Å². The van der Waals surface area contributed by atoms with Gasteiger partial charge >= 0.3 is 0 Å². The maximum Gasteiger partial charge on any atom is 0.0410 e. The molecule has 1 saturated carbocycles. The van der Waals surface area contributed by atoms with Gasteiger partial charge in [-0.2, -0.15) is 0 Å². The zero-order chi connectivity index (χ0) is 13.5. The molecule has 1 unspecified atom stereocenters. The van der Waals surface area contributed by atoms with E-state index in [2.05, 4.69) is 32.4 Å². The molecule has 3 N–H and O–H groups in total. The Morgan fingerprint density at radius 3 is 2.63 bits per heavy atom. The van der Waals surface area contributed by atoms with Crippen LogP contribution in [0.25, 0.3) is 0 Å². The van der Waals surface area contributed by atoms with Crippen molar-refractivity contribution in [3.63, 3.8) is 0 Å². The molecule has 0 saturated heterocycles. The lowest BCUT2D eigenvalue weighted by atomic mass is 9.90. The molecule has 0 bridgehead atoms. The first kappa shape index (κ1) is 14.9. The summed E-state index contributed by atoms with van der Waals surface area (Å²) in [5.74, 6) is 6.57. The summed E-state index contributed by atoms with van der Waals surface area (Å²) in [6.45, 7) is 0. The molecule has 0 spiro atoms. The topological polar surface area (TPSA) is 50.9 Å². The Kier molecular flexibility index (Phi) is 6.28. The Hall–Kier alpha value is -0.450. The molecule has 3 nitrogen and oxygen atoms in total. The van der Waals surface area contributed by atoms with Gasteiger partial charge in [-0.1, -0.05) is 38.5 Å². The zero-order valence-electron chi connectivity index (χ0n) is 11.4. The number of hydrogen-bond donors (Lipinski definition) is 2. The molecule has 1 aliphatic carbocycles. The second kappa shape index (κ2) is 7.98. The third kappa shape index (κ3) is 5.21. The van der Waals surface area contributed by atoms with Crippen molar-refractivity contribution >= 4 is 15.9 Å². The van der Waals surface area contributed by atoms with Gasteiger partial charge in [0.2, 0.25) is 0 Å². The third-order valence-electron chi connectivity index (χ3n) is 4.07. The van der Waals surface area contributed by atoms with Crippen LogP contribution in [0.4, 0.5) is 0 Å². The molecule has 0 aromatic carbocycles. The average molecular weight is 326 g/mol. The molecule has 106 valence electrons. The van der Waals surface area contributed by atoms with Crippen molar-refractivity contribution in [3.8, 4) is 0 Å². The highest BCUT2D eigenvalue weighted by molar-refractivity contribution is 9.10. The summed E-state index contributed by atoms with van der Waals surface area (Å²) in [5.41, 5.74) is 4.24. The maximum atomic E-state index is 5.73. The summed E-state index contributed by atoms with van der Waals surface area (Å²) in [5, 5.41) is 0. The Balaban J connectivity index is 1.88. The molecule has 1 aromatic rings.